The normalized spacial score (nSPS) is 17.1. The minimum absolute atomic E-state index is 0.0115. The van der Waals surface area contributed by atoms with Crippen molar-refractivity contribution < 1.29 is 19.5 Å². The molecule has 1 aromatic heterocycles. The monoisotopic (exact) mass is 489 g/mol. The van der Waals surface area contributed by atoms with Crippen LogP contribution in [0.15, 0.2) is 79.3 Å². The number of nitrogens with zero attached hydrogens (tertiary/aromatic N) is 3. The lowest BCUT2D eigenvalue weighted by Gasteiger charge is -2.28. The van der Waals surface area contributed by atoms with Crippen molar-refractivity contribution in [2.75, 3.05) is 0 Å². The van der Waals surface area contributed by atoms with E-state index in [1.54, 1.807) is 6.08 Å². The number of carbonyl (C=O) groups excluding carboxylic acids is 2. The number of ketones is 2. The van der Waals surface area contributed by atoms with Crippen LogP contribution in [-0.2, 0) is 4.79 Å². The number of benzene rings is 3. The predicted molar refractivity (Wildman–Crippen MR) is 137 cm³/mol. The highest BCUT2D eigenvalue weighted by molar-refractivity contribution is 6.19. The van der Waals surface area contributed by atoms with Gasteiger partial charge in [-0.1, -0.05) is 79.7 Å². The van der Waals surface area contributed by atoms with E-state index in [4.69, 9.17) is 5.11 Å². The summed E-state index contributed by atoms with van der Waals surface area (Å²) in [6, 6.07) is 21.9. The highest BCUT2D eigenvalue weighted by atomic mass is 16.4. The van der Waals surface area contributed by atoms with E-state index in [0.29, 0.717) is 5.56 Å². The molecule has 7 nitrogen and oxygen atoms in total. The van der Waals surface area contributed by atoms with Gasteiger partial charge in [0.05, 0.1) is 12.1 Å². The molecule has 7 heteroatoms. The Morgan fingerprint density at radius 3 is 2.35 bits per heavy atom. The Labute approximate surface area is 212 Å². The number of hydrogen-bond acceptors (Lipinski definition) is 6. The van der Waals surface area contributed by atoms with Crippen LogP contribution in [0.1, 0.15) is 51.2 Å². The maximum Gasteiger partial charge on any atom is 0.358 e. The Balaban J connectivity index is 0.000000265. The molecule has 3 aromatic carbocycles. The second-order valence-corrected chi connectivity index (χ2v) is 8.81. The molecule has 2 aliphatic carbocycles. The summed E-state index contributed by atoms with van der Waals surface area (Å²) in [4.78, 5) is 40.1. The summed E-state index contributed by atoms with van der Waals surface area (Å²) >= 11 is 0. The molecule has 0 aliphatic heterocycles. The molecular weight excluding hydrogens is 466 g/mol. The fourth-order valence-corrected chi connectivity index (χ4v) is 4.96. The van der Waals surface area contributed by atoms with E-state index in [2.05, 4.69) is 21.2 Å². The molecule has 1 heterocycles. The van der Waals surface area contributed by atoms with Gasteiger partial charge in [0.1, 0.15) is 6.33 Å². The summed E-state index contributed by atoms with van der Waals surface area (Å²) in [5, 5.41) is 18.7. The first-order chi connectivity index (χ1) is 18.0. The molecule has 0 amide bonds. The number of aromatic nitrogens is 3. The number of carboxylic acid groups (broad SMARTS) is 1. The SMILES string of the molecule is CCC1C=c2ccc3c(c2C(c2ccccc2)C1=O)C(=O)C=c1ccccc1=3.O=C(O)c1cncnn1. The Hall–Kier alpha value is -4.78. The van der Waals surface area contributed by atoms with E-state index >= 15 is 0 Å². The zero-order valence-corrected chi connectivity index (χ0v) is 20.0. The molecule has 1 N–H and O–H groups in total. The fourth-order valence-electron chi connectivity index (χ4n) is 4.96. The first-order valence-electron chi connectivity index (χ1n) is 11.9. The van der Waals surface area contributed by atoms with Crippen molar-refractivity contribution in [1.82, 2.24) is 15.2 Å². The van der Waals surface area contributed by atoms with Crippen molar-refractivity contribution in [3.63, 3.8) is 0 Å². The van der Waals surface area contributed by atoms with E-state index in [1.165, 1.54) is 6.33 Å². The van der Waals surface area contributed by atoms with Gasteiger partial charge in [-0.15, -0.1) is 10.2 Å². The zero-order valence-electron chi connectivity index (χ0n) is 20.0. The van der Waals surface area contributed by atoms with Gasteiger partial charge in [0.15, 0.2) is 17.3 Å². The van der Waals surface area contributed by atoms with Gasteiger partial charge in [0, 0.05) is 11.5 Å². The Bertz CT molecular complexity index is 1740. The van der Waals surface area contributed by atoms with Gasteiger partial charge in [0.2, 0.25) is 0 Å². The van der Waals surface area contributed by atoms with Crippen LogP contribution in [0.2, 0.25) is 0 Å². The third-order valence-electron chi connectivity index (χ3n) is 6.66. The Morgan fingerprint density at radius 1 is 0.919 bits per heavy atom. The smallest absolute Gasteiger partial charge is 0.358 e. The lowest BCUT2D eigenvalue weighted by atomic mass is 9.73. The molecular formula is C30H23N3O4. The third-order valence-corrected chi connectivity index (χ3v) is 6.66. The van der Waals surface area contributed by atoms with E-state index in [0.717, 1.165) is 44.6 Å². The largest absolute Gasteiger partial charge is 0.476 e. The van der Waals surface area contributed by atoms with E-state index < -0.39 is 11.9 Å². The molecule has 0 radical (unpaired) electrons. The van der Waals surface area contributed by atoms with Gasteiger partial charge in [-0.3, -0.25) is 9.59 Å². The second-order valence-electron chi connectivity index (χ2n) is 8.81. The molecule has 2 atom stereocenters. The lowest BCUT2D eigenvalue weighted by Crippen LogP contribution is -2.35. The number of carbonyl (C=O) groups is 3. The Kier molecular flexibility index (Phi) is 6.51. The van der Waals surface area contributed by atoms with Crippen LogP contribution >= 0.6 is 0 Å². The van der Waals surface area contributed by atoms with Gasteiger partial charge in [-0.05, 0) is 44.5 Å². The summed E-state index contributed by atoms with van der Waals surface area (Å²) in [7, 11) is 0. The number of rotatable bonds is 3. The minimum Gasteiger partial charge on any atom is -0.476 e. The second kappa shape index (κ2) is 10.1. The zero-order chi connectivity index (χ0) is 25.9. The molecule has 0 saturated heterocycles. The van der Waals surface area contributed by atoms with Crippen molar-refractivity contribution in [3.05, 3.63) is 123 Å². The molecule has 0 fully saturated rings. The maximum absolute atomic E-state index is 13.4. The van der Waals surface area contributed by atoms with Gasteiger partial charge < -0.3 is 5.11 Å². The third kappa shape index (κ3) is 4.47. The predicted octanol–water partition coefficient (Wildman–Crippen LogP) is 3.04. The Morgan fingerprint density at radius 2 is 1.68 bits per heavy atom. The molecule has 0 saturated carbocycles. The van der Waals surface area contributed by atoms with Crippen LogP contribution in [0.4, 0.5) is 0 Å². The number of carboxylic acids is 1. The molecule has 2 aliphatic rings. The van der Waals surface area contributed by atoms with E-state index in [1.807, 2.05) is 73.7 Å². The van der Waals surface area contributed by atoms with E-state index in [-0.39, 0.29) is 23.2 Å². The summed E-state index contributed by atoms with van der Waals surface area (Å²) in [5.41, 5.74) is 2.37. The molecule has 6 rings (SSSR count). The first-order valence-corrected chi connectivity index (χ1v) is 11.9. The maximum atomic E-state index is 13.4. The number of Topliss-reactive ketones (excluding diaryl/α,β-unsaturated/α-hetero) is 2. The minimum atomic E-state index is -1.12. The fraction of sp³-hybridized carbons (Fsp3) is 0.133. The topological polar surface area (TPSA) is 110 Å². The molecule has 182 valence electrons. The molecule has 0 spiro atoms. The van der Waals surface area contributed by atoms with Crippen molar-refractivity contribution >= 4 is 29.7 Å². The van der Waals surface area contributed by atoms with E-state index in [9.17, 15) is 14.4 Å². The molecule has 2 unspecified atom stereocenters. The van der Waals surface area contributed by atoms with Crippen LogP contribution in [0, 0.1) is 16.4 Å². The quantitative estimate of drug-likeness (QED) is 0.471. The van der Waals surface area contributed by atoms with Crippen molar-refractivity contribution in [2.24, 2.45) is 5.92 Å². The van der Waals surface area contributed by atoms with Gasteiger partial charge in [0.25, 0.3) is 0 Å². The van der Waals surface area contributed by atoms with Crippen molar-refractivity contribution in [3.8, 4) is 0 Å². The van der Waals surface area contributed by atoms with Crippen LogP contribution in [0.25, 0.3) is 12.2 Å². The van der Waals surface area contributed by atoms with Gasteiger partial charge >= 0.3 is 5.97 Å². The summed E-state index contributed by atoms with van der Waals surface area (Å²) in [6.07, 6.45) is 6.82. The number of fused-ring (bicyclic) bond motifs is 4. The average molecular weight is 490 g/mol. The molecule has 37 heavy (non-hydrogen) atoms. The summed E-state index contributed by atoms with van der Waals surface area (Å²) in [5.74, 6) is -1.46. The van der Waals surface area contributed by atoms with Crippen LogP contribution in [-0.4, -0.2) is 37.8 Å². The van der Waals surface area contributed by atoms with Crippen molar-refractivity contribution in [2.45, 2.75) is 19.3 Å². The number of hydrogen-bond donors (Lipinski definition) is 1. The van der Waals surface area contributed by atoms with Crippen LogP contribution < -0.4 is 10.4 Å². The summed E-state index contributed by atoms with van der Waals surface area (Å²) < 4.78 is 0. The summed E-state index contributed by atoms with van der Waals surface area (Å²) in [6.45, 7) is 2.04. The van der Waals surface area contributed by atoms with Gasteiger partial charge in [-0.2, -0.15) is 0 Å². The van der Waals surface area contributed by atoms with Gasteiger partial charge in [-0.25, -0.2) is 9.78 Å². The molecule has 0 bridgehead atoms. The average Bonchev–Trinajstić information content (AvgIpc) is 2.93. The number of aromatic carboxylic acids is 1. The molecule has 4 aromatic rings. The van der Waals surface area contributed by atoms with Crippen molar-refractivity contribution in [1.29, 1.82) is 0 Å². The highest BCUT2D eigenvalue weighted by Gasteiger charge is 2.35. The van der Waals surface area contributed by atoms with Crippen LogP contribution in [0.5, 0.6) is 0 Å². The first kappa shape index (κ1) is 23.9. The lowest BCUT2D eigenvalue weighted by molar-refractivity contribution is -0.122. The standard InChI is InChI=1S/C26H20O2.C4H3N3O2/c1-2-16-14-19-12-13-21-20-11-7-6-10-18(20)15-22(27)25(21)23(19)24(26(16)28)17-8-4-3-5-9-17;8-4(9)3-1-5-2-6-7-3/h3-16,24H,2H2,1H3;1-2H,(H,8,9). The van der Waals surface area contributed by atoms with Crippen LogP contribution in [0.3, 0.4) is 0 Å². The highest BCUT2D eigenvalue weighted by Crippen LogP contribution is 2.34.